The maximum Gasteiger partial charge on any atom is 0.338 e. The second kappa shape index (κ2) is 11.7. The fraction of sp³-hybridized carbons (Fsp3) is 0.676. The quantitative estimate of drug-likeness (QED) is 0.227. The number of aliphatic hydroxyl groups excluding tert-OH is 1. The highest BCUT2D eigenvalue weighted by Crippen LogP contribution is 2.66. The number of carbonyl (C=O) groups is 3. The van der Waals surface area contributed by atoms with E-state index < -0.39 is 72.8 Å². The smallest absolute Gasteiger partial charge is 0.338 e. The second-order valence-corrected chi connectivity index (χ2v) is 18.6. The highest BCUT2D eigenvalue weighted by molar-refractivity contribution is 6.73. The number of Topliss-reactive ketones (excluding diaryl/α,β-unsaturated/α-hetero) is 1. The normalized spacial score (nSPS) is 37.9. The van der Waals surface area contributed by atoms with E-state index in [-0.39, 0.29) is 31.0 Å². The Hall–Kier alpha value is -2.41. The number of hydrogen-bond donors (Lipinski definition) is 2. The number of aliphatic hydroxyl groups is 2. The van der Waals surface area contributed by atoms with Crippen molar-refractivity contribution >= 4 is 26.0 Å². The van der Waals surface area contributed by atoms with Gasteiger partial charge in [-0.15, -0.1) is 0 Å². The van der Waals surface area contributed by atoms with E-state index in [1.165, 1.54) is 6.92 Å². The molecule has 248 valence electrons. The van der Waals surface area contributed by atoms with E-state index in [1.54, 1.807) is 58.0 Å². The first kappa shape index (κ1) is 33.9. The standard InChI is InChI=1S/C34H48O10Si/c1-9-45(10-2,11-3)44-23-17-24-33(19-40-24,42-21(5)36)27-29(41-30(38)22-15-13-12-14-16-22)34(39)31(6,7)25(20(4)18-35)26(43-34)28(37)32(23,27)8/h12-16,23-24,26-27,29,35,39H,9-11,17-19H2,1-8H3/b25-20-/t23-,24+,26+,27?,29?,32+,33-,34+/m0/s1. The minimum atomic E-state index is -2.36. The Labute approximate surface area is 266 Å². The van der Waals surface area contributed by atoms with Crippen LogP contribution in [0.25, 0.3) is 0 Å². The Morgan fingerprint density at radius 2 is 1.67 bits per heavy atom. The number of ketones is 1. The molecule has 0 aromatic heterocycles. The zero-order chi connectivity index (χ0) is 33.2. The van der Waals surface area contributed by atoms with Gasteiger partial charge in [-0.05, 0) is 55.3 Å². The lowest BCUT2D eigenvalue weighted by Gasteiger charge is -2.65. The van der Waals surface area contributed by atoms with Gasteiger partial charge in [-0.3, -0.25) is 9.59 Å². The van der Waals surface area contributed by atoms with Crippen molar-refractivity contribution in [3.8, 4) is 0 Å². The largest absolute Gasteiger partial charge is 0.453 e. The number of benzene rings is 1. The predicted molar refractivity (Wildman–Crippen MR) is 167 cm³/mol. The number of carbonyl (C=O) groups excluding carboxylic acids is 3. The molecule has 2 N–H and O–H groups in total. The first-order chi connectivity index (χ1) is 21.1. The number of rotatable bonds is 9. The molecule has 2 bridgehead atoms. The molecule has 4 aliphatic rings. The number of hydrogen-bond acceptors (Lipinski definition) is 10. The molecule has 1 saturated carbocycles. The van der Waals surface area contributed by atoms with Crippen LogP contribution in [0.5, 0.6) is 0 Å². The number of esters is 2. The predicted octanol–water partition coefficient (Wildman–Crippen LogP) is 4.33. The molecule has 1 aromatic rings. The lowest BCUT2D eigenvalue weighted by molar-refractivity contribution is -0.355. The minimum absolute atomic E-state index is 0.0473. The molecule has 45 heavy (non-hydrogen) atoms. The third-order valence-corrected chi connectivity index (χ3v) is 16.2. The Morgan fingerprint density at radius 3 is 2.18 bits per heavy atom. The lowest BCUT2D eigenvalue weighted by Crippen LogP contribution is -2.80. The Balaban J connectivity index is 1.80. The van der Waals surface area contributed by atoms with Crippen LogP contribution in [0.4, 0.5) is 0 Å². The molecule has 11 heteroatoms. The summed E-state index contributed by atoms with van der Waals surface area (Å²) in [7, 11) is -2.36. The molecule has 3 heterocycles. The van der Waals surface area contributed by atoms with Gasteiger partial charge in [-0.2, -0.15) is 0 Å². The van der Waals surface area contributed by atoms with E-state index in [0.29, 0.717) is 11.1 Å². The maximum absolute atomic E-state index is 15.2. The average Bonchev–Trinajstić information content (AvgIpc) is 3.19. The lowest BCUT2D eigenvalue weighted by atomic mass is 9.49. The molecule has 1 aromatic carbocycles. The van der Waals surface area contributed by atoms with Crippen LogP contribution < -0.4 is 0 Å². The molecule has 1 aliphatic carbocycles. The van der Waals surface area contributed by atoms with Gasteiger partial charge in [0.15, 0.2) is 25.8 Å². The van der Waals surface area contributed by atoms with Gasteiger partial charge in [0.25, 0.3) is 0 Å². The van der Waals surface area contributed by atoms with Crippen LogP contribution in [0.3, 0.4) is 0 Å². The van der Waals surface area contributed by atoms with Gasteiger partial charge in [-0.1, -0.05) is 52.8 Å². The van der Waals surface area contributed by atoms with Crippen molar-refractivity contribution in [2.45, 2.75) is 116 Å². The van der Waals surface area contributed by atoms with Crippen LogP contribution in [0.15, 0.2) is 41.5 Å². The van der Waals surface area contributed by atoms with Crippen molar-refractivity contribution in [1.82, 2.24) is 0 Å². The zero-order valence-corrected chi connectivity index (χ0v) is 28.7. The zero-order valence-electron chi connectivity index (χ0n) is 27.7. The van der Waals surface area contributed by atoms with Crippen LogP contribution in [0.1, 0.15) is 72.2 Å². The van der Waals surface area contributed by atoms with Crippen molar-refractivity contribution < 1.29 is 48.0 Å². The van der Waals surface area contributed by atoms with E-state index in [4.69, 9.17) is 23.4 Å². The summed E-state index contributed by atoms with van der Waals surface area (Å²) >= 11 is 0. The van der Waals surface area contributed by atoms with Crippen molar-refractivity contribution in [1.29, 1.82) is 0 Å². The maximum atomic E-state index is 15.2. The van der Waals surface area contributed by atoms with E-state index in [1.807, 2.05) is 0 Å². The van der Waals surface area contributed by atoms with Gasteiger partial charge < -0.3 is 33.6 Å². The van der Waals surface area contributed by atoms with Crippen molar-refractivity contribution in [3.63, 3.8) is 0 Å². The van der Waals surface area contributed by atoms with E-state index in [0.717, 1.165) is 18.1 Å². The number of fused-ring (bicyclic) bond motifs is 5. The van der Waals surface area contributed by atoms with Crippen LogP contribution in [0.2, 0.25) is 18.1 Å². The van der Waals surface area contributed by atoms with Gasteiger partial charge in [0, 0.05) is 18.8 Å². The van der Waals surface area contributed by atoms with Gasteiger partial charge in [0.05, 0.1) is 36.2 Å². The molecule has 0 spiro atoms. The first-order valence-corrected chi connectivity index (χ1v) is 18.7. The van der Waals surface area contributed by atoms with Gasteiger partial charge in [0.1, 0.15) is 12.2 Å². The molecule has 5 rings (SSSR count). The third-order valence-electron chi connectivity index (χ3n) is 11.5. The van der Waals surface area contributed by atoms with Crippen LogP contribution in [-0.2, 0) is 33.0 Å². The summed E-state index contributed by atoms with van der Waals surface area (Å²) in [6.07, 6.45) is -3.86. The summed E-state index contributed by atoms with van der Waals surface area (Å²) in [5.74, 6) is -5.02. The third kappa shape index (κ3) is 4.79. The number of ether oxygens (including phenoxy) is 4. The summed E-state index contributed by atoms with van der Waals surface area (Å²) in [4.78, 5) is 41.9. The van der Waals surface area contributed by atoms with E-state index in [9.17, 15) is 19.8 Å². The van der Waals surface area contributed by atoms with Gasteiger partial charge >= 0.3 is 11.9 Å². The summed E-state index contributed by atoms with van der Waals surface area (Å²) < 4.78 is 32.1. The Morgan fingerprint density at radius 1 is 1.04 bits per heavy atom. The molecular weight excluding hydrogens is 596 g/mol. The first-order valence-electron chi connectivity index (χ1n) is 16.1. The van der Waals surface area contributed by atoms with Crippen LogP contribution in [0, 0.1) is 16.7 Å². The summed E-state index contributed by atoms with van der Waals surface area (Å²) in [6.45, 7) is 14.1. The summed E-state index contributed by atoms with van der Waals surface area (Å²) in [6, 6.07) is 10.9. The minimum Gasteiger partial charge on any atom is -0.453 e. The highest BCUT2D eigenvalue weighted by Gasteiger charge is 2.81. The van der Waals surface area contributed by atoms with E-state index >= 15 is 4.79 Å². The van der Waals surface area contributed by atoms with Gasteiger partial charge in [-0.25, -0.2) is 4.79 Å². The Kier molecular flexibility index (Phi) is 8.81. The van der Waals surface area contributed by atoms with Gasteiger partial charge in [0.2, 0.25) is 5.79 Å². The summed E-state index contributed by atoms with van der Waals surface area (Å²) in [5.41, 5.74) is -2.99. The molecule has 3 saturated heterocycles. The molecule has 10 nitrogen and oxygen atoms in total. The fourth-order valence-corrected chi connectivity index (χ4v) is 11.6. The Bertz CT molecular complexity index is 1360. The van der Waals surface area contributed by atoms with Crippen molar-refractivity contribution in [2.24, 2.45) is 16.7 Å². The molecular formula is C34H48O10Si. The molecule has 3 aliphatic heterocycles. The molecule has 0 amide bonds. The molecule has 2 unspecified atom stereocenters. The van der Waals surface area contributed by atoms with Crippen molar-refractivity contribution in [2.75, 3.05) is 13.2 Å². The van der Waals surface area contributed by atoms with Crippen LogP contribution >= 0.6 is 0 Å². The SMILES string of the molecule is CC[Si](CC)(CC)O[C@H]1C[C@H]2OC[C@@]2(OC(C)=O)C2C(OC(=O)c3ccccc3)[C@@]3(O)O[C@@H](C(=O)[C@@]21C)/C(=C(\C)CO)C3(C)C. The second-order valence-electron chi connectivity index (χ2n) is 13.9. The highest BCUT2D eigenvalue weighted by atomic mass is 28.4. The molecule has 0 radical (unpaired) electrons. The van der Waals surface area contributed by atoms with E-state index in [2.05, 4.69) is 20.8 Å². The van der Waals surface area contributed by atoms with Crippen molar-refractivity contribution in [3.05, 3.63) is 47.0 Å². The summed E-state index contributed by atoms with van der Waals surface area (Å²) in [5, 5.41) is 23.1. The monoisotopic (exact) mass is 644 g/mol. The fourth-order valence-electron chi connectivity index (χ4n) is 8.62. The van der Waals surface area contributed by atoms with Crippen LogP contribution in [-0.4, -0.2) is 85.3 Å². The average molecular weight is 645 g/mol. The molecule has 4 fully saturated rings. The topological polar surface area (TPSA) is 138 Å². The molecule has 8 atom stereocenters.